The molecule has 0 aliphatic heterocycles. The number of hydrogen-bond donors (Lipinski definition) is 0. The number of amides is 1. The van der Waals surface area contributed by atoms with Crippen LogP contribution < -0.4 is 9.64 Å². The van der Waals surface area contributed by atoms with Gasteiger partial charge in [-0.1, -0.05) is 30.3 Å². The summed E-state index contributed by atoms with van der Waals surface area (Å²) in [7, 11) is 1.61. The van der Waals surface area contributed by atoms with Gasteiger partial charge in [-0.3, -0.25) is 9.69 Å². The Morgan fingerprint density at radius 1 is 1.07 bits per heavy atom. The predicted molar refractivity (Wildman–Crippen MR) is 113 cm³/mol. The van der Waals surface area contributed by atoms with Gasteiger partial charge in [0.1, 0.15) is 17.1 Å². The molecule has 0 bridgehead atoms. The number of hydrogen-bond acceptors (Lipinski definition) is 4. The molecule has 1 fully saturated rings. The van der Waals surface area contributed by atoms with Crippen molar-refractivity contribution in [2.24, 2.45) is 5.92 Å². The summed E-state index contributed by atoms with van der Waals surface area (Å²) < 4.78 is 11.0. The highest BCUT2D eigenvalue weighted by Gasteiger charge is 2.39. The molecule has 5 heteroatoms. The molecule has 0 unspecified atom stereocenters. The summed E-state index contributed by atoms with van der Waals surface area (Å²) in [5.41, 5.74) is 1.08. The summed E-state index contributed by atoms with van der Waals surface area (Å²) in [5, 5.41) is 0. The lowest BCUT2D eigenvalue weighted by Crippen LogP contribution is -2.42. The fraction of sp³-hybridized carbons (Fsp3) is 0.417. The molecule has 2 aromatic rings. The lowest BCUT2D eigenvalue weighted by molar-refractivity contribution is -0.117. The van der Waals surface area contributed by atoms with Gasteiger partial charge in [0.15, 0.2) is 0 Å². The van der Waals surface area contributed by atoms with Crippen LogP contribution in [0.3, 0.4) is 0 Å². The largest absolute Gasteiger partial charge is 0.497 e. The number of methoxy groups -OCH3 is 1. The maximum atomic E-state index is 13.4. The monoisotopic (exact) mass is 395 g/mol. The van der Waals surface area contributed by atoms with Crippen molar-refractivity contribution in [3.63, 3.8) is 0 Å². The maximum absolute atomic E-state index is 13.4. The van der Waals surface area contributed by atoms with E-state index in [1.54, 1.807) is 12.0 Å². The highest BCUT2D eigenvalue weighted by Crippen LogP contribution is 2.41. The van der Waals surface area contributed by atoms with E-state index in [0.717, 1.165) is 12.0 Å². The lowest BCUT2D eigenvalue weighted by atomic mass is 9.90. The Bertz CT molecular complexity index is 839. The second-order valence-electron chi connectivity index (χ2n) is 8.45. The highest BCUT2D eigenvalue weighted by molar-refractivity contribution is 5.89. The number of anilines is 1. The van der Waals surface area contributed by atoms with Gasteiger partial charge < -0.3 is 9.47 Å². The first-order valence-electron chi connectivity index (χ1n) is 10.0. The van der Waals surface area contributed by atoms with Crippen LogP contribution in [0.1, 0.15) is 51.6 Å². The molecule has 1 aliphatic rings. The maximum Gasteiger partial charge on any atom is 0.415 e. The van der Waals surface area contributed by atoms with Crippen molar-refractivity contribution < 1.29 is 19.1 Å². The molecule has 1 aliphatic carbocycles. The number of rotatable bonds is 5. The molecule has 0 aromatic heterocycles. The Kier molecular flexibility index (Phi) is 6.26. The third-order valence-corrected chi connectivity index (χ3v) is 5.09. The van der Waals surface area contributed by atoms with E-state index < -0.39 is 11.7 Å². The topological polar surface area (TPSA) is 55.8 Å². The van der Waals surface area contributed by atoms with Crippen molar-refractivity contribution in [1.82, 2.24) is 0 Å². The first-order valence-corrected chi connectivity index (χ1v) is 10.0. The Morgan fingerprint density at radius 3 is 2.24 bits per heavy atom. The van der Waals surface area contributed by atoms with Gasteiger partial charge >= 0.3 is 6.09 Å². The zero-order valence-electron chi connectivity index (χ0n) is 17.6. The number of nitrogens with zero attached hydrogens (tertiary/aromatic N) is 1. The van der Waals surface area contributed by atoms with Crippen LogP contribution in [0.4, 0.5) is 10.5 Å². The van der Waals surface area contributed by atoms with Crippen LogP contribution in [-0.2, 0) is 9.53 Å². The van der Waals surface area contributed by atoms with Crippen LogP contribution in [0, 0.1) is 5.92 Å². The fourth-order valence-corrected chi connectivity index (χ4v) is 3.83. The van der Waals surface area contributed by atoms with Gasteiger partial charge in [-0.15, -0.1) is 0 Å². The highest BCUT2D eigenvalue weighted by atomic mass is 16.6. The van der Waals surface area contributed by atoms with Gasteiger partial charge in [-0.2, -0.15) is 0 Å². The van der Waals surface area contributed by atoms with Crippen LogP contribution in [0.5, 0.6) is 5.75 Å². The van der Waals surface area contributed by atoms with E-state index in [2.05, 4.69) is 0 Å². The van der Waals surface area contributed by atoms with Gasteiger partial charge in [0, 0.05) is 18.5 Å². The van der Waals surface area contributed by atoms with Crippen LogP contribution in [0.2, 0.25) is 0 Å². The normalized spacial score (nSPS) is 17.7. The first-order chi connectivity index (χ1) is 13.8. The van der Waals surface area contributed by atoms with Crippen molar-refractivity contribution in [2.75, 3.05) is 12.0 Å². The minimum atomic E-state index is -0.630. The SMILES string of the molecule is COc1ccc(N(C(=O)OC(C)(C)C)[C@@H](c2ccccc2)[C@@H]2CCC(=O)C2)cc1. The molecule has 5 nitrogen and oxygen atoms in total. The number of Topliss-reactive ketones (excluding diaryl/α,β-unsaturated/α-hetero) is 1. The Morgan fingerprint density at radius 2 is 1.72 bits per heavy atom. The standard InChI is InChI=1S/C24H29NO4/c1-24(2,3)29-23(27)25(19-11-14-21(28-4)15-12-19)22(17-8-6-5-7-9-17)18-10-13-20(26)16-18/h5-9,11-12,14-15,18,22H,10,13,16H2,1-4H3/t18-,22+/m1/s1. The number of carbonyl (C=O) groups is 2. The summed E-state index contributed by atoms with van der Waals surface area (Å²) >= 11 is 0. The Hall–Kier alpha value is -2.82. The van der Waals surface area contributed by atoms with Crippen molar-refractivity contribution in [3.8, 4) is 5.75 Å². The summed E-state index contributed by atoms with van der Waals surface area (Å²) in [6, 6.07) is 17.0. The third kappa shape index (κ3) is 5.17. The van der Waals surface area contributed by atoms with Crippen LogP contribution in [0.15, 0.2) is 54.6 Å². The minimum Gasteiger partial charge on any atom is -0.497 e. The molecule has 2 atom stereocenters. The summed E-state index contributed by atoms with van der Waals surface area (Å²) in [6.45, 7) is 5.56. The fourth-order valence-electron chi connectivity index (χ4n) is 3.83. The average Bonchev–Trinajstić information content (AvgIpc) is 3.11. The molecule has 0 heterocycles. The number of carbonyl (C=O) groups excluding carboxylic acids is 2. The van der Waals surface area contributed by atoms with Crippen LogP contribution in [-0.4, -0.2) is 24.6 Å². The van der Waals surface area contributed by atoms with Gasteiger partial charge in [0.2, 0.25) is 0 Å². The smallest absolute Gasteiger partial charge is 0.415 e. The second kappa shape index (κ2) is 8.68. The molecule has 154 valence electrons. The van der Waals surface area contributed by atoms with Gasteiger partial charge in [-0.25, -0.2) is 4.79 Å². The van der Waals surface area contributed by atoms with Gasteiger partial charge in [0.05, 0.1) is 13.2 Å². The Labute approximate surface area is 172 Å². The van der Waals surface area contributed by atoms with Gasteiger partial charge in [-0.05, 0) is 62.9 Å². The van der Waals surface area contributed by atoms with Gasteiger partial charge in [0.25, 0.3) is 0 Å². The quantitative estimate of drug-likeness (QED) is 0.666. The molecule has 29 heavy (non-hydrogen) atoms. The molecule has 3 rings (SSSR count). The molecular weight excluding hydrogens is 366 g/mol. The van der Waals surface area contributed by atoms with Crippen molar-refractivity contribution in [3.05, 3.63) is 60.2 Å². The predicted octanol–water partition coefficient (Wildman–Crippen LogP) is 5.55. The van der Waals surface area contributed by atoms with Crippen molar-refractivity contribution in [2.45, 2.75) is 51.7 Å². The second-order valence-corrected chi connectivity index (χ2v) is 8.45. The van der Waals surface area contributed by atoms with E-state index in [-0.39, 0.29) is 17.7 Å². The molecule has 0 saturated heterocycles. The van der Waals surface area contributed by atoms with E-state index in [4.69, 9.17) is 9.47 Å². The zero-order valence-corrected chi connectivity index (χ0v) is 17.6. The number of ketones is 1. The number of benzene rings is 2. The Balaban J connectivity index is 2.08. The zero-order chi connectivity index (χ0) is 21.0. The molecule has 1 saturated carbocycles. The lowest BCUT2D eigenvalue weighted by Gasteiger charge is -2.37. The van der Waals surface area contributed by atoms with E-state index >= 15 is 0 Å². The van der Waals surface area contributed by atoms with Crippen LogP contribution in [0.25, 0.3) is 0 Å². The number of ether oxygens (including phenoxy) is 2. The summed E-state index contributed by atoms with van der Waals surface area (Å²) in [6.07, 6.45) is 1.36. The molecular formula is C24H29NO4. The molecule has 1 amide bonds. The molecule has 0 radical (unpaired) electrons. The molecule has 0 spiro atoms. The first kappa shape index (κ1) is 20.9. The van der Waals surface area contributed by atoms with E-state index in [0.29, 0.717) is 24.3 Å². The molecule has 0 N–H and O–H groups in total. The molecule has 2 aromatic carbocycles. The minimum absolute atomic E-state index is 0.0412. The van der Waals surface area contributed by atoms with E-state index in [1.165, 1.54) is 0 Å². The van der Waals surface area contributed by atoms with E-state index in [9.17, 15) is 9.59 Å². The van der Waals surface area contributed by atoms with Crippen molar-refractivity contribution in [1.29, 1.82) is 0 Å². The van der Waals surface area contributed by atoms with E-state index in [1.807, 2.05) is 75.4 Å². The summed E-state index contributed by atoms with van der Waals surface area (Å²) in [5.74, 6) is 1.000. The summed E-state index contributed by atoms with van der Waals surface area (Å²) in [4.78, 5) is 27.1. The third-order valence-electron chi connectivity index (χ3n) is 5.09. The van der Waals surface area contributed by atoms with Crippen LogP contribution >= 0.6 is 0 Å². The van der Waals surface area contributed by atoms with Crippen molar-refractivity contribution >= 4 is 17.6 Å². The average molecular weight is 395 g/mol.